The van der Waals surface area contributed by atoms with Crippen molar-refractivity contribution in [3.63, 3.8) is 0 Å². The van der Waals surface area contributed by atoms with Crippen molar-refractivity contribution in [2.24, 2.45) is 5.92 Å². The van der Waals surface area contributed by atoms with Crippen LogP contribution in [0.3, 0.4) is 0 Å². The third-order valence-corrected chi connectivity index (χ3v) is 12.6. The largest absolute Gasteiger partial charge is 0.374 e. The van der Waals surface area contributed by atoms with Crippen LogP contribution in [0.2, 0.25) is 0 Å². The molecule has 5 fully saturated rings. The number of nitrogens with zero attached hydrogens (tertiary/aromatic N) is 11. The van der Waals surface area contributed by atoms with Crippen LogP contribution in [0.4, 0.5) is 30.9 Å². The zero-order valence-electron chi connectivity index (χ0n) is 32.9. The van der Waals surface area contributed by atoms with E-state index in [0.717, 1.165) is 82.8 Å². The number of piperazine rings is 1. The highest BCUT2D eigenvalue weighted by Gasteiger charge is 2.40. The Balaban J connectivity index is 0.708. The van der Waals surface area contributed by atoms with Crippen LogP contribution in [0.25, 0.3) is 11.3 Å². The molecule has 4 saturated heterocycles. The Kier molecular flexibility index (Phi) is 10.1. The average molecular weight is 822 g/mol. The highest BCUT2D eigenvalue weighted by atomic mass is 19.3. The van der Waals surface area contributed by atoms with Crippen LogP contribution in [0.5, 0.6) is 0 Å². The van der Waals surface area contributed by atoms with Gasteiger partial charge in [0.2, 0.25) is 5.91 Å². The Morgan fingerprint density at radius 3 is 2.60 bits per heavy atom. The van der Waals surface area contributed by atoms with Gasteiger partial charge in [-0.2, -0.15) is 10.2 Å². The van der Waals surface area contributed by atoms with E-state index in [2.05, 4.69) is 52.4 Å². The number of carbonyl (C=O) groups excluding carboxylic acids is 3. The van der Waals surface area contributed by atoms with Crippen LogP contribution in [-0.4, -0.2) is 133 Å². The van der Waals surface area contributed by atoms with Crippen LogP contribution in [0, 0.1) is 17.8 Å². The monoisotopic (exact) mass is 821 g/mol. The Bertz CT molecular complexity index is 2510. The molecule has 1 aliphatic carbocycles. The van der Waals surface area contributed by atoms with Crippen molar-refractivity contribution in [3.8, 4) is 11.8 Å². The number of nitrogens with one attached hydrogen (secondary N) is 2. The van der Waals surface area contributed by atoms with Gasteiger partial charge in [0, 0.05) is 70.8 Å². The van der Waals surface area contributed by atoms with Crippen LogP contribution in [0.1, 0.15) is 72.6 Å². The lowest BCUT2D eigenvalue weighted by molar-refractivity contribution is -0.120. The highest BCUT2D eigenvalue weighted by molar-refractivity contribution is 6.08. The summed E-state index contributed by atoms with van der Waals surface area (Å²) in [4.78, 5) is 55.4. The summed E-state index contributed by atoms with van der Waals surface area (Å²) in [7, 11) is 0. The summed E-state index contributed by atoms with van der Waals surface area (Å²) >= 11 is 0. The van der Waals surface area contributed by atoms with Gasteiger partial charge in [-0.15, -0.1) is 0 Å². The van der Waals surface area contributed by atoms with Gasteiger partial charge in [-0.25, -0.2) is 28.1 Å². The summed E-state index contributed by atoms with van der Waals surface area (Å²) in [5.41, 5.74) is 1.54. The highest BCUT2D eigenvalue weighted by Crippen LogP contribution is 2.36. The van der Waals surface area contributed by atoms with Gasteiger partial charge in [-0.3, -0.25) is 33.8 Å². The predicted molar refractivity (Wildman–Crippen MR) is 215 cm³/mol. The van der Waals surface area contributed by atoms with Crippen molar-refractivity contribution in [1.82, 2.24) is 48.9 Å². The Morgan fingerprint density at radius 1 is 1.00 bits per heavy atom. The summed E-state index contributed by atoms with van der Waals surface area (Å²) in [6.07, 6.45) is 10.3. The maximum Gasteiger partial charge on any atom is 0.329 e. The van der Waals surface area contributed by atoms with Crippen LogP contribution in [0.15, 0.2) is 49.2 Å². The van der Waals surface area contributed by atoms with E-state index in [1.165, 1.54) is 15.6 Å². The minimum atomic E-state index is -2.85. The van der Waals surface area contributed by atoms with Crippen molar-refractivity contribution >= 4 is 46.5 Å². The molecule has 0 spiro atoms. The molecule has 5 aliphatic rings. The molecule has 0 unspecified atom stereocenters. The molecule has 1 saturated carbocycles. The van der Waals surface area contributed by atoms with E-state index < -0.39 is 24.1 Å². The molecule has 2 atom stereocenters. The number of ether oxygens (including phenoxy) is 1. The van der Waals surface area contributed by atoms with Gasteiger partial charge in [-0.05, 0) is 56.2 Å². The molecule has 60 heavy (non-hydrogen) atoms. The number of carbonyl (C=O) groups is 3. The number of anilines is 3. The smallest absolute Gasteiger partial charge is 0.329 e. The average Bonchev–Trinajstić information content (AvgIpc) is 4.11. The lowest BCUT2D eigenvalue weighted by Gasteiger charge is -2.37. The predicted octanol–water partition coefficient (Wildman–Crippen LogP) is 3.59. The normalized spacial score (nSPS) is 23.8. The van der Waals surface area contributed by atoms with Crippen LogP contribution >= 0.6 is 0 Å². The van der Waals surface area contributed by atoms with E-state index in [1.54, 1.807) is 23.3 Å². The first-order chi connectivity index (χ1) is 29.2. The summed E-state index contributed by atoms with van der Waals surface area (Å²) in [6.45, 7) is 7.00. The van der Waals surface area contributed by atoms with Gasteiger partial charge in [0.05, 0.1) is 55.0 Å². The van der Waals surface area contributed by atoms with Gasteiger partial charge in [-0.1, -0.05) is 11.8 Å². The van der Waals surface area contributed by atoms with E-state index in [9.17, 15) is 23.2 Å². The first-order valence-electron chi connectivity index (χ1n) is 20.7. The lowest BCUT2D eigenvalue weighted by atomic mass is 9.85. The molecule has 2 N–H and O–H groups in total. The molecular weight excluding hydrogens is 777 g/mol. The van der Waals surface area contributed by atoms with E-state index in [0.29, 0.717) is 42.7 Å². The van der Waals surface area contributed by atoms with Gasteiger partial charge < -0.3 is 19.9 Å². The molecule has 5 aromatic rings. The van der Waals surface area contributed by atoms with Gasteiger partial charge >= 0.3 is 6.03 Å². The molecule has 2 bridgehead atoms. The number of imidazole rings is 1. The minimum absolute atomic E-state index is 0.000109. The number of halogens is 2. The van der Waals surface area contributed by atoms with Gasteiger partial charge in [0.15, 0.2) is 17.0 Å². The number of morpholine rings is 1. The van der Waals surface area contributed by atoms with E-state index in [1.807, 2.05) is 28.8 Å². The quantitative estimate of drug-likeness (QED) is 0.209. The molecule has 9 heterocycles. The Labute approximate surface area is 343 Å². The molecule has 0 radical (unpaired) electrons. The summed E-state index contributed by atoms with van der Waals surface area (Å²) in [5.74, 6) is 7.57. The molecule has 19 heteroatoms. The third-order valence-electron chi connectivity index (χ3n) is 12.6. The number of amides is 4. The number of urea groups is 1. The molecule has 17 nitrogen and oxygen atoms in total. The van der Waals surface area contributed by atoms with E-state index in [-0.39, 0.29) is 41.8 Å². The molecule has 0 aromatic carbocycles. The second-order valence-electron chi connectivity index (χ2n) is 16.3. The van der Waals surface area contributed by atoms with Gasteiger partial charge in [0.1, 0.15) is 17.2 Å². The number of rotatable bonds is 9. The number of imide groups is 1. The molecule has 312 valence electrons. The number of aromatic nitrogens is 7. The zero-order chi connectivity index (χ0) is 40.9. The SMILES string of the molecule is O=C1CCN(c2cnc3c(C#CCN4CCN(CC5CCC(n6cc(NC(=O)c7cnn8ccc(N9C[C@H]%10C[C@@H]9CO%10)nc78)c(C(F)F)n6)CC5)CC4)cccn23)C(=O)N1. The maximum atomic E-state index is 14.3. The summed E-state index contributed by atoms with van der Waals surface area (Å²) < 4.78 is 39.2. The Morgan fingerprint density at radius 2 is 1.83 bits per heavy atom. The third kappa shape index (κ3) is 7.43. The second-order valence-corrected chi connectivity index (χ2v) is 16.3. The van der Waals surface area contributed by atoms with Crippen molar-refractivity contribution in [2.45, 2.75) is 63.1 Å². The number of alkyl halides is 2. The summed E-state index contributed by atoms with van der Waals surface area (Å²) in [5, 5.41) is 13.6. The first kappa shape index (κ1) is 38.2. The number of fused-ring (bicyclic) bond motifs is 4. The first-order valence-corrected chi connectivity index (χ1v) is 20.7. The molecule has 5 aromatic heterocycles. The van der Waals surface area contributed by atoms with E-state index in [4.69, 9.17) is 9.72 Å². The van der Waals surface area contributed by atoms with Gasteiger partial charge in [0.25, 0.3) is 12.3 Å². The fourth-order valence-electron chi connectivity index (χ4n) is 9.31. The Hall–Kier alpha value is -5.97. The fourth-order valence-corrected chi connectivity index (χ4v) is 9.31. The number of hydrogen-bond donors (Lipinski definition) is 2. The van der Waals surface area contributed by atoms with Crippen molar-refractivity contribution in [2.75, 3.05) is 74.1 Å². The minimum Gasteiger partial charge on any atom is -0.374 e. The standard InChI is InChI=1S/C41H45F2N13O4/c42-37(43)36-32(46-40(58)31-20-45-55-14-9-33(47-39(31)55)54-23-30-19-29(54)25-60-30)24-56(49-36)28-7-5-26(6-8-28)22-51-17-15-50(16-18-51)11-1-3-27-4-2-12-52-35(21-44-38(27)52)53-13-10-34(57)48-41(53)59/h2,4,9,12,14,20-21,24,26,28-30,37H,5-8,10-11,13,15-19,22-23,25H2,(H,46,58)(H,48,57,59)/t26?,28?,29-,30-/m1/s1. The lowest BCUT2D eigenvalue weighted by Crippen LogP contribution is -2.50. The van der Waals surface area contributed by atoms with Crippen LogP contribution in [-0.2, 0) is 9.53 Å². The second kappa shape index (κ2) is 15.9. The molecule has 4 amide bonds. The molecule has 10 rings (SSSR count). The fraction of sp³-hybridized carbons (Fsp3) is 0.488. The maximum absolute atomic E-state index is 14.3. The molecule has 4 aliphatic heterocycles. The van der Waals surface area contributed by atoms with Crippen molar-refractivity contribution in [3.05, 3.63) is 66.0 Å². The number of pyridine rings is 1. The topological polar surface area (TPSA) is 163 Å². The van der Waals surface area contributed by atoms with Crippen molar-refractivity contribution in [1.29, 1.82) is 0 Å². The van der Waals surface area contributed by atoms with E-state index >= 15 is 0 Å². The van der Waals surface area contributed by atoms with Crippen LogP contribution < -0.4 is 20.4 Å². The summed E-state index contributed by atoms with van der Waals surface area (Å²) in [6, 6.07) is 5.41. The van der Waals surface area contributed by atoms with Crippen molar-refractivity contribution < 1.29 is 27.9 Å². The molecular formula is C41H45F2N13O4. The zero-order valence-corrected chi connectivity index (χ0v) is 32.9. The number of hydrogen-bond acceptors (Lipinski definition) is 11.